The average molecular weight is 400 g/mol. The normalized spacial score (nSPS) is 12.0. The number of thiophene rings is 1. The molecule has 0 radical (unpaired) electrons. The molecule has 2 heteroatoms. The second kappa shape index (κ2) is 5.94. The van der Waals surface area contributed by atoms with Crippen LogP contribution in [0.25, 0.3) is 58.4 Å². The van der Waals surface area contributed by atoms with Crippen molar-refractivity contribution in [2.45, 2.75) is 0 Å². The second-order valence-corrected chi connectivity index (χ2v) is 8.84. The van der Waals surface area contributed by atoms with Crippen LogP contribution in [0.2, 0.25) is 0 Å². The lowest BCUT2D eigenvalue weighted by Gasteiger charge is -2.12. The first-order valence-electron chi connectivity index (χ1n) is 10.2. The van der Waals surface area contributed by atoms with E-state index in [1.807, 2.05) is 11.3 Å². The van der Waals surface area contributed by atoms with Gasteiger partial charge in [0.05, 0.1) is 21.4 Å². The van der Waals surface area contributed by atoms with Gasteiger partial charge >= 0.3 is 0 Å². The molecule has 140 valence electrons. The van der Waals surface area contributed by atoms with Gasteiger partial charge in [-0.05, 0) is 23.6 Å². The number of nitrogens with zero attached hydrogens (tertiary/aromatic N) is 1. The van der Waals surface area contributed by atoms with E-state index in [0.717, 1.165) is 0 Å². The molecule has 1 nitrogen and oxygen atoms in total. The highest BCUT2D eigenvalue weighted by molar-refractivity contribution is 7.26. The summed E-state index contributed by atoms with van der Waals surface area (Å²) < 4.78 is 5.18. The van der Waals surface area contributed by atoms with Crippen LogP contribution in [0.3, 0.4) is 0 Å². The first-order valence-corrected chi connectivity index (χ1v) is 11.0. The predicted octanol–water partition coefficient (Wildman–Crippen LogP) is 8.30. The number of hydrogen-bond donors (Lipinski definition) is 0. The van der Waals surface area contributed by atoms with Gasteiger partial charge in [-0.25, -0.2) is 0 Å². The molecule has 0 aliphatic rings. The van der Waals surface area contributed by atoms with Gasteiger partial charge in [-0.2, -0.15) is 0 Å². The van der Waals surface area contributed by atoms with Crippen molar-refractivity contribution in [2.24, 2.45) is 0 Å². The van der Waals surface area contributed by atoms with Gasteiger partial charge in [-0.3, -0.25) is 0 Å². The maximum atomic E-state index is 2.48. The van der Waals surface area contributed by atoms with E-state index in [2.05, 4.69) is 108 Å². The average Bonchev–Trinajstić information content (AvgIpc) is 3.34. The van der Waals surface area contributed by atoms with E-state index in [0.29, 0.717) is 0 Å². The highest BCUT2D eigenvalue weighted by Gasteiger charge is 2.18. The molecule has 5 aromatic carbocycles. The van der Waals surface area contributed by atoms with Gasteiger partial charge in [0.15, 0.2) is 0 Å². The Kier molecular flexibility index (Phi) is 3.21. The zero-order valence-electron chi connectivity index (χ0n) is 16.2. The van der Waals surface area contributed by atoms with Gasteiger partial charge in [0, 0.05) is 31.6 Å². The van der Waals surface area contributed by atoms with E-state index in [-0.39, 0.29) is 0 Å². The molecule has 0 spiro atoms. The first-order chi connectivity index (χ1) is 14.9. The molecule has 2 aromatic heterocycles. The smallest absolute Gasteiger partial charge is 0.0720 e. The Hall–Kier alpha value is -3.62. The van der Waals surface area contributed by atoms with Crippen LogP contribution in [0.5, 0.6) is 0 Å². The molecule has 0 amide bonds. The maximum Gasteiger partial charge on any atom is 0.0720 e. The Bertz CT molecular complexity index is 1740. The summed E-state index contributed by atoms with van der Waals surface area (Å²) in [5.41, 5.74) is 3.81. The van der Waals surface area contributed by atoms with Crippen LogP contribution in [-0.4, -0.2) is 4.57 Å². The highest BCUT2D eigenvalue weighted by Crippen LogP contribution is 2.43. The van der Waals surface area contributed by atoms with Crippen molar-refractivity contribution in [1.29, 1.82) is 0 Å². The molecule has 0 aliphatic heterocycles. The van der Waals surface area contributed by atoms with E-state index in [1.54, 1.807) is 0 Å². The van der Waals surface area contributed by atoms with Gasteiger partial charge in [0.2, 0.25) is 0 Å². The minimum atomic E-state index is 1.24. The predicted molar refractivity (Wildman–Crippen MR) is 131 cm³/mol. The largest absolute Gasteiger partial charge is 0.307 e. The molecule has 2 heterocycles. The van der Waals surface area contributed by atoms with Gasteiger partial charge in [0.1, 0.15) is 0 Å². The molecule has 0 saturated carbocycles. The second-order valence-electron chi connectivity index (χ2n) is 7.79. The number of fused-ring (bicyclic) bond motifs is 8. The van der Waals surface area contributed by atoms with Gasteiger partial charge < -0.3 is 4.57 Å². The minimum absolute atomic E-state index is 1.24. The lowest BCUT2D eigenvalue weighted by Crippen LogP contribution is -1.95. The summed E-state index contributed by atoms with van der Waals surface area (Å²) >= 11 is 1.90. The van der Waals surface area contributed by atoms with Crippen LogP contribution in [0.1, 0.15) is 0 Å². The van der Waals surface area contributed by atoms with E-state index in [9.17, 15) is 0 Å². The summed E-state index contributed by atoms with van der Waals surface area (Å²) in [5, 5.41) is 7.85. The first kappa shape index (κ1) is 16.2. The Morgan fingerprint density at radius 1 is 0.500 bits per heavy atom. The molecule has 0 atom stereocenters. The van der Waals surface area contributed by atoms with Crippen molar-refractivity contribution in [3.63, 3.8) is 0 Å². The quantitative estimate of drug-likeness (QED) is 0.262. The molecule has 0 fully saturated rings. The summed E-state index contributed by atoms with van der Waals surface area (Å²) in [7, 11) is 0. The van der Waals surface area contributed by atoms with Gasteiger partial charge in [-0.1, -0.05) is 84.9 Å². The van der Waals surface area contributed by atoms with Crippen molar-refractivity contribution in [1.82, 2.24) is 4.57 Å². The number of hydrogen-bond acceptors (Lipinski definition) is 1. The van der Waals surface area contributed by atoms with Gasteiger partial charge in [0.25, 0.3) is 0 Å². The fourth-order valence-corrected chi connectivity index (χ4v) is 6.12. The number of benzene rings is 5. The molecular weight excluding hydrogens is 382 g/mol. The Morgan fingerprint density at radius 2 is 1.20 bits per heavy atom. The SMILES string of the molecule is c1ccc2c(-n3c4ccccc4c4ccc5c6ccccc6sc5c43)cccc2c1. The third-order valence-corrected chi connectivity index (χ3v) is 7.38. The molecule has 0 saturated heterocycles. The monoisotopic (exact) mass is 399 g/mol. The summed E-state index contributed by atoms with van der Waals surface area (Å²) in [6.07, 6.45) is 0. The van der Waals surface area contributed by atoms with E-state index in [1.165, 1.54) is 58.4 Å². The standard InChI is InChI=1S/C28H17NS/c1-2-10-19-18(8-1)9-7-14-24(19)29-25-13-5-3-11-20(25)22-16-17-23-21-12-4-6-15-26(21)30-28(23)27(22)29/h1-17H. The van der Waals surface area contributed by atoms with E-state index < -0.39 is 0 Å². The van der Waals surface area contributed by atoms with Crippen molar-refractivity contribution in [3.05, 3.63) is 103 Å². The summed E-state index contributed by atoms with van der Waals surface area (Å²) in [5.74, 6) is 0. The van der Waals surface area contributed by atoms with Crippen LogP contribution in [-0.2, 0) is 0 Å². The lowest BCUT2D eigenvalue weighted by molar-refractivity contribution is 1.21. The van der Waals surface area contributed by atoms with Crippen molar-refractivity contribution in [3.8, 4) is 5.69 Å². The van der Waals surface area contributed by atoms with Crippen molar-refractivity contribution in [2.75, 3.05) is 0 Å². The lowest BCUT2D eigenvalue weighted by atomic mass is 10.1. The maximum absolute atomic E-state index is 2.48. The molecule has 7 aromatic rings. The molecule has 0 N–H and O–H groups in total. The van der Waals surface area contributed by atoms with Crippen LogP contribution < -0.4 is 0 Å². The number of rotatable bonds is 1. The van der Waals surface area contributed by atoms with E-state index in [4.69, 9.17) is 0 Å². The van der Waals surface area contributed by atoms with Crippen LogP contribution in [0, 0.1) is 0 Å². The van der Waals surface area contributed by atoms with E-state index >= 15 is 0 Å². The summed E-state index contributed by atoms with van der Waals surface area (Å²) in [6.45, 7) is 0. The van der Waals surface area contributed by atoms with Crippen LogP contribution >= 0.6 is 11.3 Å². The minimum Gasteiger partial charge on any atom is -0.307 e. The summed E-state index contributed by atoms with van der Waals surface area (Å²) in [6, 6.07) is 37.4. The topological polar surface area (TPSA) is 4.93 Å². The number of aromatic nitrogens is 1. The zero-order chi connectivity index (χ0) is 19.7. The Morgan fingerprint density at radius 3 is 2.13 bits per heavy atom. The zero-order valence-corrected chi connectivity index (χ0v) is 17.0. The van der Waals surface area contributed by atoms with Crippen molar-refractivity contribution >= 4 is 64.1 Å². The summed E-state index contributed by atoms with van der Waals surface area (Å²) in [4.78, 5) is 0. The highest BCUT2D eigenvalue weighted by atomic mass is 32.1. The molecule has 0 bridgehead atoms. The Labute approximate surface area is 177 Å². The van der Waals surface area contributed by atoms with Crippen LogP contribution in [0.4, 0.5) is 0 Å². The molecule has 0 unspecified atom stereocenters. The van der Waals surface area contributed by atoms with Crippen LogP contribution in [0.15, 0.2) is 103 Å². The third-order valence-electron chi connectivity index (χ3n) is 6.19. The van der Waals surface area contributed by atoms with Crippen molar-refractivity contribution < 1.29 is 0 Å². The molecule has 0 aliphatic carbocycles. The fourth-order valence-electron chi connectivity index (χ4n) is 4.88. The third kappa shape index (κ3) is 2.06. The number of para-hydroxylation sites is 1. The van der Waals surface area contributed by atoms with Gasteiger partial charge in [-0.15, -0.1) is 11.3 Å². The molecule has 30 heavy (non-hydrogen) atoms. The Balaban J connectivity index is 1.77. The molecule has 7 rings (SSSR count). The molecular formula is C28H17NS. The fraction of sp³-hybridized carbons (Fsp3) is 0.